The average molecular weight is 609 g/mol. The number of nitrogens with one attached hydrogen (secondary N) is 3. The first-order valence-electron chi connectivity index (χ1n) is 13.7. The summed E-state index contributed by atoms with van der Waals surface area (Å²) in [6.07, 6.45) is 8.99. The average Bonchev–Trinajstić information content (AvgIpc) is 3.86. The molecule has 13 heteroatoms. The van der Waals surface area contributed by atoms with Gasteiger partial charge in [0.15, 0.2) is 20.7 Å². The van der Waals surface area contributed by atoms with Gasteiger partial charge in [0.2, 0.25) is 5.95 Å². The van der Waals surface area contributed by atoms with Crippen LogP contribution in [-0.4, -0.2) is 55.1 Å². The molecule has 40 heavy (non-hydrogen) atoms. The molecule has 216 valence electrons. The van der Waals surface area contributed by atoms with Gasteiger partial charge in [-0.3, -0.25) is 4.99 Å². The standard InChI is InChI=1S/C27H35Cl2N7O3S/c1-15(2)40(37,38)25(30)23(14-32-17-3-4-17)34-26-21(29)13-33-27(36-26)35-22-12-20(28)19(16-7-9-31-10-8-16)11-24(22)39-18-5-6-18/h11-18,31H,3-10,30H2,1-2H3,(H2,33,34,35,36). The van der Waals surface area contributed by atoms with Crippen molar-refractivity contribution >= 4 is 56.7 Å². The number of hydrogen-bond donors (Lipinski definition) is 4. The van der Waals surface area contributed by atoms with Gasteiger partial charge in [0.05, 0.1) is 35.0 Å². The van der Waals surface area contributed by atoms with E-state index >= 15 is 0 Å². The number of ether oxygens (including phenoxy) is 1. The van der Waals surface area contributed by atoms with E-state index in [1.165, 1.54) is 12.4 Å². The van der Waals surface area contributed by atoms with Crippen molar-refractivity contribution in [2.45, 2.75) is 75.7 Å². The van der Waals surface area contributed by atoms with E-state index in [2.05, 4.69) is 30.9 Å². The summed E-state index contributed by atoms with van der Waals surface area (Å²) in [6.45, 7) is 5.05. The summed E-state index contributed by atoms with van der Waals surface area (Å²) in [5, 5.41) is 9.39. The molecule has 10 nitrogen and oxygen atoms in total. The molecular weight excluding hydrogens is 573 g/mol. The quantitative estimate of drug-likeness (QED) is 0.255. The van der Waals surface area contributed by atoms with Crippen molar-refractivity contribution in [3.05, 3.63) is 44.7 Å². The molecule has 5 N–H and O–H groups in total. The monoisotopic (exact) mass is 607 g/mol. The Labute approximate surface area is 245 Å². The van der Waals surface area contributed by atoms with Gasteiger partial charge in [0.25, 0.3) is 0 Å². The summed E-state index contributed by atoms with van der Waals surface area (Å²) >= 11 is 13.2. The van der Waals surface area contributed by atoms with E-state index in [9.17, 15) is 8.42 Å². The van der Waals surface area contributed by atoms with E-state index in [0.717, 1.165) is 57.2 Å². The highest BCUT2D eigenvalue weighted by Gasteiger charge is 2.28. The fraction of sp³-hybridized carbons (Fsp3) is 0.519. The zero-order valence-electron chi connectivity index (χ0n) is 22.6. The van der Waals surface area contributed by atoms with Gasteiger partial charge in [-0.25, -0.2) is 13.4 Å². The molecule has 3 fully saturated rings. The maximum absolute atomic E-state index is 12.8. The van der Waals surface area contributed by atoms with Crippen LogP contribution in [0.15, 0.2) is 34.0 Å². The topological polar surface area (TPSA) is 144 Å². The Hall–Kier alpha value is -2.60. The lowest BCUT2D eigenvalue weighted by atomic mass is 9.90. The third kappa shape index (κ3) is 6.99. The van der Waals surface area contributed by atoms with Gasteiger partial charge in [-0.15, -0.1) is 0 Å². The summed E-state index contributed by atoms with van der Waals surface area (Å²) in [7, 11) is -3.76. The van der Waals surface area contributed by atoms with E-state index in [1.807, 2.05) is 12.1 Å². The van der Waals surface area contributed by atoms with Crippen LogP contribution >= 0.6 is 23.2 Å². The summed E-state index contributed by atoms with van der Waals surface area (Å²) in [6, 6.07) is 4.04. The molecule has 5 rings (SSSR count). The lowest BCUT2D eigenvalue weighted by Crippen LogP contribution is -2.26. The van der Waals surface area contributed by atoms with Crippen molar-refractivity contribution in [3.8, 4) is 5.75 Å². The van der Waals surface area contributed by atoms with Crippen LogP contribution in [0.25, 0.3) is 0 Å². The van der Waals surface area contributed by atoms with Crippen LogP contribution in [0, 0.1) is 0 Å². The van der Waals surface area contributed by atoms with E-state index in [1.54, 1.807) is 13.8 Å². The van der Waals surface area contributed by atoms with Crippen LogP contribution in [0.5, 0.6) is 5.75 Å². The maximum Gasteiger partial charge on any atom is 0.229 e. The summed E-state index contributed by atoms with van der Waals surface area (Å²) in [5.41, 5.74) is 7.95. The SMILES string of the molecule is CC(C)S(=O)(=O)C(N)=C(C=NC1CC1)Nc1nc(Nc2cc(Cl)c(C3CCNCC3)cc2OC2CC2)ncc1Cl. The second kappa shape index (κ2) is 12.1. The van der Waals surface area contributed by atoms with Crippen LogP contribution in [0.1, 0.15) is 63.9 Å². The first-order valence-corrected chi connectivity index (χ1v) is 16.0. The Kier molecular flexibility index (Phi) is 8.75. The summed E-state index contributed by atoms with van der Waals surface area (Å²) < 4.78 is 31.9. The van der Waals surface area contributed by atoms with Crippen molar-refractivity contribution in [2.24, 2.45) is 10.7 Å². The molecule has 0 spiro atoms. The molecule has 2 saturated carbocycles. The predicted octanol–water partition coefficient (Wildman–Crippen LogP) is 5.13. The number of benzene rings is 1. The van der Waals surface area contributed by atoms with Gasteiger partial charge >= 0.3 is 0 Å². The number of rotatable bonds is 11. The molecule has 0 bridgehead atoms. The predicted molar refractivity (Wildman–Crippen MR) is 161 cm³/mol. The van der Waals surface area contributed by atoms with Crippen LogP contribution in [0.2, 0.25) is 10.0 Å². The molecule has 1 aliphatic heterocycles. The Morgan fingerprint density at radius 1 is 1.15 bits per heavy atom. The van der Waals surface area contributed by atoms with E-state index in [4.69, 9.17) is 33.7 Å². The lowest BCUT2D eigenvalue weighted by molar-refractivity contribution is 0.304. The zero-order valence-corrected chi connectivity index (χ0v) is 24.9. The van der Waals surface area contributed by atoms with Gasteiger partial charge in [-0.2, -0.15) is 4.98 Å². The third-order valence-corrected chi connectivity index (χ3v) is 9.77. The number of anilines is 3. The molecule has 0 unspecified atom stereocenters. The van der Waals surface area contributed by atoms with E-state index in [-0.39, 0.29) is 39.7 Å². The van der Waals surface area contributed by atoms with Gasteiger partial charge in [-0.1, -0.05) is 23.2 Å². The molecule has 1 saturated heterocycles. The molecular formula is C27H35Cl2N7O3S. The number of hydrogen-bond acceptors (Lipinski definition) is 10. The van der Waals surface area contributed by atoms with Gasteiger partial charge in [0, 0.05) is 11.2 Å². The highest BCUT2D eigenvalue weighted by Crippen LogP contribution is 2.41. The Morgan fingerprint density at radius 2 is 1.88 bits per heavy atom. The van der Waals surface area contributed by atoms with Crippen molar-refractivity contribution < 1.29 is 13.2 Å². The van der Waals surface area contributed by atoms with Crippen LogP contribution in [0.3, 0.4) is 0 Å². The van der Waals surface area contributed by atoms with Crippen LogP contribution in [0.4, 0.5) is 17.5 Å². The van der Waals surface area contributed by atoms with Crippen molar-refractivity contribution in [1.29, 1.82) is 0 Å². The summed E-state index contributed by atoms with van der Waals surface area (Å²) in [4.78, 5) is 13.3. The fourth-order valence-corrected chi connectivity index (χ4v) is 5.68. The fourth-order valence-electron chi connectivity index (χ4n) is 4.31. The number of piperidine rings is 1. The van der Waals surface area contributed by atoms with Crippen LogP contribution in [-0.2, 0) is 9.84 Å². The smallest absolute Gasteiger partial charge is 0.229 e. The third-order valence-electron chi connectivity index (χ3n) is 7.09. The van der Waals surface area contributed by atoms with Crippen molar-refractivity contribution in [2.75, 3.05) is 23.7 Å². The van der Waals surface area contributed by atoms with Crippen LogP contribution < -0.4 is 26.4 Å². The van der Waals surface area contributed by atoms with Gasteiger partial charge < -0.3 is 26.4 Å². The Bertz CT molecular complexity index is 1420. The number of aromatic nitrogens is 2. The number of nitrogens with zero attached hydrogens (tertiary/aromatic N) is 3. The number of halogens is 2. The minimum atomic E-state index is -3.76. The highest BCUT2D eigenvalue weighted by molar-refractivity contribution is 7.95. The maximum atomic E-state index is 12.8. The van der Waals surface area contributed by atoms with E-state index in [0.29, 0.717) is 22.4 Å². The largest absolute Gasteiger partial charge is 0.488 e. The minimum Gasteiger partial charge on any atom is -0.488 e. The number of sulfone groups is 1. The number of nitrogens with two attached hydrogens (primary N) is 1. The second-order valence-electron chi connectivity index (χ2n) is 10.7. The molecule has 1 aromatic heterocycles. The lowest BCUT2D eigenvalue weighted by Gasteiger charge is -2.25. The molecule has 1 aromatic carbocycles. The molecule has 0 amide bonds. The second-order valence-corrected chi connectivity index (χ2v) is 14.0. The molecule has 0 radical (unpaired) electrons. The molecule has 3 aliphatic rings. The first kappa shape index (κ1) is 28.9. The first-order chi connectivity index (χ1) is 19.1. The molecule has 2 aliphatic carbocycles. The highest BCUT2D eigenvalue weighted by atomic mass is 35.5. The van der Waals surface area contributed by atoms with Gasteiger partial charge in [-0.05, 0) is 89.1 Å². The molecule has 2 heterocycles. The van der Waals surface area contributed by atoms with Gasteiger partial charge in [0.1, 0.15) is 10.8 Å². The minimum absolute atomic E-state index is 0.110. The zero-order chi connectivity index (χ0) is 28.4. The molecule has 2 aromatic rings. The normalized spacial score (nSPS) is 19.1. The molecule has 0 atom stereocenters. The summed E-state index contributed by atoms with van der Waals surface area (Å²) in [5.74, 6) is 1.46. The number of allylic oxidation sites excluding steroid dienone is 1. The number of aliphatic imine (C=N–C) groups is 1. The Morgan fingerprint density at radius 3 is 2.52 bits per heavy atom. The Balaban J connectivity index is 1.44. The van der Waals surface area contributed by atoms with Crippen molar-refractivity contribution in [3.63, 3.8) is 0 Å². The van der Waals surface area contributed by atoms with E-state index < -0.39 is 15.1 Å². The van der Waals surface area contributed by atoms with Crippen molar-refractivity contribution in [1.82, 2.24) is 15.3 Å².